The molecule has 1 aliphatic rings. The number of unbranched alkanes of at least 4 members (excludes halogenated alkanes) is 3. The molecule has 1 rings (SSSR count). The van der Waals surface area contributed by atoms with Crippen molar-refractivity contribution < 1.29 is 23.1 Å². The average Bonchev–Trinajstić information content (AvgIpc) is 3.28. The van der Waals surface area contributed by atoms with Crippen LogP contribution >= 0.6 is 0 Å². The fourth-order valence-electron chi connectivity index (χ4n) is 6.03. The van der Waals surface area contributed by atoms with E-state index in [9.17, 15) is 4.79 Å². The van der Waals surface area contributed by atoms with Gasteiger partial charge in [-0.2, -0.15) is 0 Å². The topological polar surface area (TPSA) is 54.0 Å². The molecule has 44 heavy (non-hydrogen) atoms. The molecule has 0 N–H and O–H groups in total. The van der Waals surface area contributed by atoms with Crippen LogP contribution in [0.5, 0.6) is 0 Å². The van der Waals surface area contributed by atoms with E-state index < -0.39 is 35.0 Å². The first kappa shape index (κ1) is 42.3. The van der Waals surface area contributed by atoms with Crippen molar-refractivity contribution in [2.45, 2.75) is 195 Å². The standard InChI is InChI=1S/C24H47O5Si2.3C4H9.Sn/c1-14-18(28-30(10,11)23(3,4)5)22(29-31(12,13)24(6,7)8)20-15-17(2)19(27-20)16-21(25)26-9;3*1-3-4-2;/h17-20,22H,1,15-16H2,2-13H3;3*1,3-4H2,2H3;/t17-,18-,19+,20-,22-;;;;/m1..../s1. The second-order valence-electron chi connectivity index (χ2n) is 17.0. The molecule has 1 heterocycles. The van der Waals surface area contributed by atoms with Crippen molar-refractivity contribution in [2.75, 3.05) is 7.11 Å². The number of carbonyl (C=O) groups excluding carboxylic acids is 1. The third kappa shape index (κ3) is 11.5. The first-order valence-corrected chi connectivity index (χ1v) is 31.2. The Kier molecular flexibility index (Phi) is 17.0. The molecule has 0 aromatic heterocycles. The summed E-state index contributed by atoms with van der Waals surface area (Å²) < 4.78 is 32.6. The predicted octanol–water partition coefficient (Wildman–Crippen LogP) is 11.1. The van der Waals surface area contributed by atoms with Crippen molar-refractivity contribution in [3.8, 4) is 0 Å². The molecule has 0 aromatic rings. The van der Waals surface area contributed by atoms with Crippen molar-refractivity contribution in [2.24, 2.45) is 5.92 Å². The van der Waals surface area contributed by atoms with E-state index in [-0.39, 0.29) is 52.8 Å². The molecule has 0 radical (unpaired) electrons. The van der Waals surface area contributed by atoms with Crippen LogP contribution in [-0.4, -0.2) is 72.5 Å². The summed E-state index contributed by atoms with van der Waals surface area (Å²) in [6.45, 7) is 37.8. The van der Waals surface area contributed by atoms with Crippen LogP contribution in [0.4, 0.5) is 0 Å². The average molecular weight is 762 g/mol. The van der Waals surface area contributed by atoms with Gasteiger partial charge in [0.05, 0.1) is 0 Å². The van der Waals surface area contributed by atoms with E-state index in [0.29, 0.717) is 0 Å². The van der Waals surface area contributed by atoms with Crippen LogP contribution in [0.15, 0.2) is 10.2 Å². The van der Waals surface area contributed by atoms with Crippen molar-refractivity contribution >= 4 is 41.0 Å². The number of hydrogen-bond donors (Lipinski definition) is 0. The van der Waals surface area contributed by atoms with Crippen molar-refractivity contribution in [1.29, 1.82) is 0 Å². The second kappa shape index (κ2) is 17.6. The Morgan fingerprint density at radius 2 is 1.30 bits per heavy atom. The number of methoxy groups -OCH3 is 1. The number of carbonyl (C=O) groups is 1. The molecular weight excluding hydrogens is 687 g/mol. The van der Waals surface area contributed by atoms with Crippen molar-refractivity contribution in [1.82, 2.24) is 0 Å². The van der Waals surface area contributed by atoms with Crippen LogP contribution in [0.2, 0.25) is 49.6 Å². The summed E-state index contributed by atoms with van der Waals surface area (Å²) in [5.74, 6) is 0.0247. The van der Waals surface area contributed by atoms with E-state index in [2.05, 4.69) is 95.4 Å². The summed E-state index contributed by atoms with van der Waals surface area (Å²) in [5, 5.41) is 0.0927. The Labute approximate surface area is 280 Å². The molecule has 0 spiro atoms. The molecule has 5 nitrogen and oxygen atoms in total. The molecule has 1 fully saturated rings. The van der Waals surface area contributed by atoms with Crippen LogP contribution in [0.3, 0.4) is 0 Å². The summed E-state index contributed by atoms with van der Waals surface area (Å²) >= 11 is -2.99. The molecule has 0 bridgehead atoms. The van der Waals surface area contributed by atoms with Crippen LogP contribution in [0, 0.1) is 5.92 Å². The number of hydrogen-bond acceptors (Lipinski definition) is 5. The van der Waals surface area contributed by atoms with Gasteiger partial charge in [0.15, 0.2) is 0 Å². The van der Waals surface area contributed by atoms with E-state index in [1.807, 2.05) is 0 Å². The van der Waals surface area contributed by atoms with Gasteiger partial charge in [0.25, 0.3) is 0 Å². The number of rotatable bonds is 19. The molecule has 0 aromatic carbocycles. The monoisotopic (exact) mass is 762 g/mol. The molecule has 8 heteroatoms. The minimum atomic E-state index is -2.99. The quantitative estimate of drug-likeness (QED) is 0.0969. The maximum atomic E-state index is 12.4. The third-order valence-electron chi connectivity index (χ3n) is 11.4. The minimum absolute atomic E-state index is 0.0384. The van der Waals surface area contributed by atoms with E-state index in [4.69, 9.17) is 24.9 Å². The summed E-state index contributed by atoms with van der Waals surface area (Å²) in [7, 11) is -3.00. The summed E-state index contributed by atoms with van der Waals surface area (Å²) in [4.78, 5) is 12.4. The SMILES string of the molecule is C=[C]([C@@H](O[Si](C)(C)C(C)(C)C)[C@@H](O[Si](C)(C)C(C)(C)C)[C@H]1C[C@@H](C)[C@H](CC(=O)OC)O1)[Sn]([CH2]CCC)([CH2]CCC)[CH2]CCC. The molecule has 0 unspecified atom stereocenters. The van der Waals surface area contributed by atoms with Crippen molar-refractivity contribution in [3.05, 3.63) is 10.2 Å². The number of esters is 1. The Morgan fingerprint density at radius 1 is 0.864 bits per heavy atom. The zero-order chi connectivity index (χ0) is 34.1. The summed E-state index contributed by atoms with van der Waals surface area (Å²) in [5.41, 5.74) is 0. The van der Waals surface area contributed by atoms with Crippen LogP contribution in [-0.2, 0) is 23.1 Å². The molecule has 1 saturated heterocycles. The van der Waals surface area contributed by atoms with Crippen LogP contribution in [0.25, 0.3) is 0 Å². The van der Waals surface area contributed by atoms with Gasteiger partial charge in [-0.3, -0.25) is 0 Å². The Morgan fingerprint density at radius 3 is 1.68 bits per heavy atom. The number of ether oxygens (including phenoxy) is 2. The van der Waals surface area contributed by atoms with Gasteiger partial charge >= 0.3 is 282 Å². The van der Waals surface area contributed by atoms with Crippen molar-refractivity contribution in [3.63, 3.8) is 0 Å². The van der Waals surface area contributed by atoms with Crippen LogP contribution in [0.1, 0.15) is 121 Å². The molecule has 1 aliphatic heterocycles. The Balaban J connectivity index is 3.93. The Hall–Kier alpha value is 0.322. The first-order chi connectivity index (χ1) is 20.1. The van der Waals surface area contributed by atoms with E-state index in [0.717, 1.165) is 6.42 Å². The molecule has 0 aliphatic carbocycles. The van der Waals surface area contributed by atoms with Gasteiger partial charge < -0.3 is 0 Å². The van der Waals surface area contributed by atoms with E-state index in [1.54, 1.807) is 0 Å². The molecule has 0 amide bonds. The fraction of sp³-hybridized carbons (Fsp3) is 0.917. The van der Waals surface area contributed by atoms with E-state index in [1.165, 1.54) is 62.5 Å². The molecular formula is C36H74O5Si2Sn. The van der Waals surface area contributed by atoms with Gasteiger partial charge in [0.1, 0.15) is 0 Å². The van der Waals surface area contributed by atoms with Gasteiger partial charge in [-0.1, -0.05) is 0 Å². The fourth-order valence-corrected chi connectivity index (χ4v) is 25.0. The summed E-state index contributed by atoms with van der Waals surface area (Å²) in [6, 6.07) is 0. The van der Waals surface area contributed by atoms with Gasteiger partial charge in [0.2, 0.25) is 0 Å². The zero-order valence-corrected chi connectivity index (χ0v) is 36.8. The summed E-state index contributed by atoms with van der Waals surface area (Å²) in [6.07, 6.45) is 7.91. The van der Waals surface area contributed by atoms with Crippen LogP contribution < -0.4 is 0 Å². The zero-order valence-electron chi connectivity index (χ0n) is 31.9. The molecule has 5 atom stereocenters. The Bertz CT molecular complexity index is 870. The van der Waals surface area contributed by atoms with Gasteiger partial charge in [-0.15, -0.1) is 0 Å². The van der Waals surface area contributed by atoms with Gasteiger partial charge in [-0.05, 0) is 0 Å². The van der Waals surface area contributed by atoms with Gasteiger partial charge in [0, 0.05) is 0 Å². The van der Waals surface area contributed by atoms with E-state index >= 15 is 0 Å². The normalized spacial score (nSPS) is 21.8. The first-order valence-electron chi connectivity index (χ1n) is 17.9. The van der Waals surface area contributed by atoms with Gasteiger partial charge in [-0.25, -0.2) is 0 Å². The molecule has 260 valence electrons. The predicted molar refractivity (Wildman–Crippen MR) is 197 cm³/mol. The third-order valence-corrected chi connectivity index (χ3v) is 36.2. The maximum absolute atomic E-state index is 12.4. The second-order valence-corrected chi connectivity index (χ2v) is 39.9. The molecule has 0 saturated carbocycles.